The van der Waals surface area contributed by atoms with Gasteiger partial charge in [-0.2, -0.15) is 5.10 Å². The molecule has 0 aliphatic carbocycles. The molecule has 3 rings (SSSR count). The Bertz CT molecular complexity index is 950. The third kappa shape index (κ3) is 4.39. The van der Waals surface area contributed by atoms with E-state index in [1.165, 1.54) is 5.56 Å². The van der Waals surface area contributed by atoms with Crippen molar-refractivity contribution in [2.75, 3.05) is 31.8 Å². The summed E-state index contributed by atoms with van der Waals surface area (Å²) in [5, 5.41) is 7.23. The second-order valence-electron chi connectivity index (χ2n) is 6.96. The Morgan fingerprint density at radius 3 is 2.70 bits per heavy atom. The number of amides is 1. The van der Waals surface area contributed by atoms with Crippen molar-refractivity contribution in [3.05, 3.63) is 41.1 Å². The average Bonchev–Trinajstić information content (AvgIpc) is 3.21. The van der Waals surface area contributed by atoms with Gasteiger partial charge in [0.15, 0.2) is 15.5 Å². The van der Waals surface area contributed by atoms with Gasteiger partial charge in [0.2, 0.25) is 0 Å². The number of methoxy groups -OCH3 is 1. The van der Waals surface area contributed by atoms with Gasteiger partial charge in [-0.15, -0.1) is 0 Å². The highest BCUT2D eigenvalue weighted by atomic mass is 32.2. The van der Waals surface area contributed by atoms with Gasteiger partial charge in [-0.25, -0.2) is 8.42 Å². The fraction of sp³-hybridized carbons (Fsp3) is 0.474. The van der Waals surface area contributed by atoms with Crippen LogP contribution in [0, 0.1) is 13.8 Å². The normalized spacial score (nSPS) is 18.6. The van der Waals surface area contributed by atoms with E-state index in [0.29, 0.717) is 19.6 Å². The van der Waals surface area contributed by atoms with Crippen molar-refractivity contribution in [2.45, 2.75) is 26.3 Å². The van der Waals surface area contributed by atoms with Gasteiger partial charge >= 0.3 is 0 Å². The summed E-state index contributed by atoms with van der Waals surface area (Å²) in [6, 6.07) is 7.51. The minimum atomic E-state index is -3.06. The number of benzene rings is 1. The molecule has 1 aliphatic rings. The lowest BCUT2D eigenvalue weighted by molar-refractivity contribution is 0.0931. The molecule has 0 radical (unpaired) electrons. The highest BCUT2D eigenvalue weighted by molar-refractivity contribution is 7.91. The van der Waals surface area contributed by atoms with E-state index in [2.05, 4.69) is 10.4 Å². The van der Waals surface area contributed by atoms with Gasteiger partial charge in [0.05, 0.1) is 29.8 Å². The Hall–Kier alpha value is -2.19. The standard InChI is InChI=1S/C19H25N3O4S/c1-13-4-5-15(10-14(13)2)18-11-17(19(23)20-7-8-26-3)21-22(18)16-6-9-27(24,25)12-16/h4-5,10-11,16H,6-9,12H2,1-3H3,(H,20,23). The van der Waals surface area contributed by atoms with Gasteiger partial charge in [0.1, 0.15) is 0 Å². The number of nitrogens with zero attached hydrogens (tertiary/aromatic N) is 2. The number of ether oxygens (including phenoxy) is 1. The molecule has 1 amide bonds. The number of nitrogens with one attached hydrogen (secondary N) is 1. The van der Waals surface area contributed by atoms with Gasteiger partial charge in [-0.1, -0.05) is 12.1 Å². The molecule has 1 N–H and O–H groups in total. The molecule has 1 atom stereocenters. The fourth-order valence-electron chi connectivity index (χ4n) is 3.23. The van der Waals surface area contributed by atoms with Crippen molar-refractivity contribution in [2.24, 2.45) is 0 Å². The van der Waals surface area contributed by atoms with E-state index in [-0.39, 0.29) is 29.1 Å². The van der Waals surface area contributed by atoms with E-state index in [1.807, 2.05) is 32.0 Å². The third-order valence-corrected chi connectivity index (χ3v) is 6.67. The molecular formula is C19H25N3O4S. The second kappa shape index (κ2) is 7.82. The Morgan fingerprint density at radius 2 is 2.07 bits per heavy atom. The van der Waals surface area contributed by atoms with E-state index in [4.69, 9.17) is 4.74 Å². The Labute approximate surface area is 159 Å². The largest absolute Gasteiger partial charge is 0.383 e. The molecule has 0 bridgehead atoms. The van der Waals surface area contributed by atoms with Gasteiger partial charge in [-0.05, 0) is 43.5 Å². The van der Waals surface area contributed by atoms with E-state index in [0.717, 1.165) is 16.8 Å². The molecule has 27 heavy (non-hydrogen) atoms. The zero-order valence-corrected chi connectivity index (χ0v) is 16.7. The molecule has 1 aromatic heterocycles. The van der Waals surface area contributed by atoms with Crippen LogP contribution in [0.4, 0.5) is 0 Å². The van der Waals surface area contributed by atoms with Crippen molar-refractivity contribution in [3.8, 4) is 11.3 Å². The van der Waals surface area contributed by atoms with Gasteiger partial charge in [-0.3, -0.25) is 9.48 Å². The number of sulfone groups is 1. The molecule has 1 unspecified atom stereocenters. The molecule has 2 aromatic rings. The molecule has 2 heterocycles. The zero-order valence-electron chi connectivity index (χ0n) is 15.9. The fourth-order valence-corrected chi connectivity index (χ4v) is 4.92. The second-order valence-corrected chi connectivity index (χ2v) is 9.19. The van der Waals surface area contributed by atoms with Crippen LogP contribution in [0.3, 0.4) is 0 Å². The van der Waals surface area contributed by atoms with Crippen molar-refractivity contribution < 1.29 is 17.9 Å². The van der Waals surface area contributed by atoms with E-state index < -0.39 is 9.84 Å². The van der Waals surface area contributed by atoms with Crippen LogP contribution in [0.25, 0.3) is 11.3 Å². The van der Waals surface area contributed by atoms with E-state index in [9.17, 15) is 13.2 Å². The lowest BCUT2D eigenvalue weighted by Gasteiger charge is -2.14. The lowest BCUT2D eigenvalue weighted by Crippen LogP contribution is -2.27. The summed E-state index contributed by atoms with van der Waals surface area (Å²) < 4.78 is 30.5. The van der Waals surface area contributed by atoms with Crippen LogP contribution in [0.1, 0.15) is 34.1 Å². The van der Waals surface area contributed by atoms with Gasteiger partial charge in [0.25, 0.3) is 5.91 Å². The number of hydrogen-bond acceptors (Lipinski definition) is 5. The van der Waals surface area contributed by atoms with E-state index in [1.54, 1.807) is 17.9 Å². The Morgan fingerprint density at radius 1 is 1.30 bits per heavy atom. The van der Waals surface area contributed by atoms with Crippen LogP contribution in [0.2, 0.25) is 0 Å². The molecule has 7 nitrogen and oxygen atoms in total. The first kappa shape index (κ1) is 19.6. The van der Waals surface area contributed by atoms with Crippen LogP contribution in [-0.4, -0.2) is 55.9 Å². The summed E-state index contributed by atoms with van der Waals surface area (Å²) in [7, 11) is -1.50. The maximum absolute atomic E-state index is 12.4. The molecule has 8 heteroatoms. The average molecular weight is 391 g/mol. The minimum Gasteiger partial charge on any atom is -0.383 e. The predicted molar refractivity (Wildman–Crippen MR) is 104 cm³/mol. The number of carbonyl (C=O) groups is 1. The monoisotopic (exact) mass is 391 g/mol. The highest BCUT2D eigenvalue weighted by Crippen LogP contribution is 2.31. The summed E-state index contributed by atoms with van der Waals surface area (Å²) >= 11 is 0. The first-order valence-electron chi connectivity index (χ1n) is 8.95. The SMILES string of the molecule is COCCNC(=O)c1cc(-c2ccc(C)c(C)c2)n(C2CCS(=O)(=O)C2)n1. The van der Waals surface area contributed by atoms with Crippen LogP contribution in [0.5, 0.6) is 0 Å². The summed E-state index contributed by atoms with van der Waals surface area (Å²) in [6.45, 7) is 4.86. The zero-order chi connectivity index (χ0) is 19.6. The molecule has 1 aliphatic heterocycles. The topological polar surface area (TPSA) is 90.3 Å². The summed E-state index contributed by atoms with van der Waals surface area (Å²) in [5.74, 6) is -0.0898. The number of rotatable bonds is 6. The molecule has 1 fully saturated rings. The van der Waals surface area contributed by atoms with Crippen molar-refractivity contribution in [1.82, 2.24) is 15.1 Å². The minimum absolute atomic E-state index is 0.0528. The molecule has 1 aromatic carbocycles. The summed E-state index contributed by atoms with van der Waals surface area (Å²) in [6.07, 6.45) is 0.507. The third-order valence-electron chi connectivity index (χ3n) is 4.92. The Balaban J connectivity index is 1.99. The van der Waals surface area contributed by atoms with Crippen LogP contribution < -0.4 is 5.32 Å². The molecule has 1 saturated heterocycles. The van der Waals surface area contributed by atoms with E-state index >= 15 is 0 Å². The number of aromatic nitrogens is 2. The maximum atomic E-state index is 12.4. The lowest BCUT2D eigenvalue weighted by atomic mass is 10.0. The van der Waals surface area contributed by atoms with Crippen molar-refractivity contribution in [1.29, 1.82) is 0 Å². The van der Waals surface area contributed by atoms with Crippen molar-refractivity contribution >= 4 is 15.7 Å². The Kier molecular flexibility index (Phi) is 5.67. The van der Waals surface area contributed by atoms with Crippen LogP contribution in [0.15, 0.2) is 24.3 Å². The molecule has 0 spiro atoms. The van der Waals surface area contributed by atoms with Gasteiger partial charge in [0, 0.05) is 19.2 Å². The number of carbonyl (C=O) groups excluding carboxylic acids is 1. The molecule has 0 saturated carbocycles. The molecule has 146 valence electrons. The van der Waals surface area contributed by atoms with Crippen LogP contribution >= 0.6 is 0 Å². The first-order chi connectivity index (χ1) is 12.8. The first-order valence-corrected chi connectivity index (χ1v) is 10.8. The molecular weight excluding hydrogens is 366 g/mol. The smallest absolute Gasteiger partial charge is 0.271 e. The summed E-state index contributed by atoms with van der Waals surface area (Å²) in [4.78, 5) is 12.4. The number of hydrogen-bond donors (Lipinski definition) is 1. The predicted octanol–water partition coefficient (Wildman–Crippen LogP) is 1.90. The summed E-state index contributed by atoms with van der Waals surface area (Å²) in [5.41, 5.74) is 4.27. The number of aryl methyl sites for hydroxylation is 2. The van der Waals surface area contributed by atoms with Gasteiger partial charge < -0.3 is 10.1 Å². The quantitative estimate of drug-likeness (QED) is 0.760. The van der Waals surface area contributed by atoms with Crippen LogP contribution in [-0.2, 0) is 14.6 Å². The van der Waals surface area contributed by atoms with Crippen molar-refractivity contribution in [3.63, 3.8) is 0 Å². The maximum Gasteiger partial charge on any atom is 0.271 e. The highest BCUT2D eigenvalue weighted by Gasteiger charge is 2.32.